The molecule has 124 valence electrons. The van der Waals surface area contributed by atoms with Gasteiger partial charge in [-0.15, -0.1) is 0 Å². The van der Waals surface area contributed by atoms with Gasteiger partial charge in [0.15, 0.2) is 0 Å². The molecule has 6 heteroatoms. The van der Waals surface area contributed by atoms with E-state index in [1.807, 2.05) is 24.3 Å². The highest BCUT2D eigenvalue weighted by molar-refractivity contribution is 6.04. The van der Waals surface area contributed by atoms with Crippen LogP contribution in [0.1, 0.15) is 56.2 Å². The number of unbranched alkanes of at least 4 members (excludes halogenated alkanes) is 1. The molecule has 0 spiro atoms. The fourth-order valence-electron chi connectivity index (χ4n) is 2.58. The van der Waals surface area contributed by atoms with E-state index in [2.05, 4.69) is 19.2 Å². The van der Waals surface area contributed by atoms with Crippen LogP contribution in [0.5, 0.6) is 0 Å². The smallest absolute Gasteiger partial charge is 0.325 e. The third-order valence-corrected chi connectivity index (χ3v) is 3.98. The third-order valence-electron chi connectivity index (χ3n) is 3.98. The largest absolute Gasteiger partial charge is 0.481 e. The summed E-state index contributed by atoms with van der Waals surface area (Å²) in [6.45, 7) is 4.44. The Hall–Kier alpha value is -2.37. The minimum Gasteiger partial charge on any atom is -0.481 e. The van der Waals surface area contributed by atoms with Crippen LogP contribution < -0.4 is 5.32 Å². The van der Waals surface area contributed by atoms with Crippen LogP contribution in [0.15, 0.2) is 24.3 Å². The van der Waals surface area contributed by atoms with Gasteiger partial charge in [-0.05, 0) is 29.9 Å². The molecule has 3 amide bonds. The fourth-order valence-corrected chi connectivity index (χ4v) is 2.58. The van der Waals surface area contributed by atoms with Crippen molar-refractivity contribution in [1.82, 2.24) is 10.2 Å². The highest BCUT2D eigenvalue weighted by Crippen LogP contribution is 2.24. The SMILES string of the molecule is CC(C)c1ccc(C2NC(=O)N(CCCCC(=O)O)C2=O)cc1. The molecular formula is C17H22N2O4. The molecule has 1 saturated heterocycles. The number of aliphatic carboxylic acids is 1. The van der Waals surface area contributed by atoms with Crippen molar-refractivity contribution in [1.29, 1.82) is 0 Å². The molecule has 1 fully saturated rings. The van der Waals surface area contributed by atoms with Gasteiger partial charge >= 0.3 is 12.0 Å². The van der Waals surface area contributed by atoms with Gasteiger partial charge in [0.25, 0.3) is 5.91 Å². The number of nitrogens with zero attached hydrogens (tertiary/aromatic N) is 1. The number of carbonyl (C=O) groups is 3. The second-order valence-electron chi connectivity index (χ2n) is 6.04. The van der Waals surface area contributed by atoms with E-state index in [9.17, 15) is 14.4 Å². The maximum absolute atomic E-state index is 12.4. The summed E-state index contributed by atoms with van der Waals surface area (Å²) in [6.07, 6.45) is 0.981. The molecule has 6 nitrogen and oxygen atoms in total. The van der Waals surface area contributed by atoms with E-state index < -0.39 is 18.0 Å². The minimum absolute atomic E-state index is 0.0454. The van der Waals surface area contributed by atoms with E-state index in [4.69, 9.17) is 5.11 Å². The molecule has 1 unspecified atom stereocenters. The summed E-state index contributed by atoms with van der Waals surface area (Å²) in [7, 11) is 0. The zero-order chi connectivity index (χ0) is 17.0. The van der Waals surface area contributed by atoms with Gasteiger partial charge in [0.05, 0.1) is 0 Å². The monoisotopic (exact) mass is 318 g/mol. The number of carboxylic acid groups (broad SMARTS) is 1. The topological polar surface area (TPSA) is 86.7 Å². The first-order chi connectivity index (χ1) is 10.9. The number of hydrogen-bond acceptors (Lipinski definition) is 3. The number of rotatable bonds is 7. The van der Waals surface area contributed by atoms with Crippen LogP contribution in [0.2, 0.25) is 0 Å². The summed E-state index contributed by atoms with van der Waals surface area (Å²) >= 11 is 0. The second-order valence-corrected chi connectivity index (χ2v) is 6.04. The highest BCUT2D eigenvalue weighted by Gasteiger charge is 2.38. The van der Waals surface area contributed by atoms with Crippen LogP contribution in [-0.2, 0) is 9.59 Å². The summed E-state index contributed by atoms with van der Waals surface area (Å²) in [5, 5.41) is 11.3. The van der Waals surface area contributed by atoms with Gasteiger partial charge in [-0.1, -0.05) is 38.1 Å². The van der Waals surface area contributed by atoms with E-state index in [-0.39, 0.29) is 18.9 Å². The van der Waals surface area contributed by atoms with Gasteiger partial charge < -0.3 is 10.4 Å². The molecule has 0 bridgehead atoms. The summed E-state index contributed by atoms with van der Waals surface area (Å²) in [4.78, 5) is 36.0. The third kappa shape index (κ3) is 4.09. The number of imide groups is 1. The number of amides is 3. The zero-order valence-corrected chi connectivity index (χ0v) is 13.4. The maximum Gasteiger partial charge on any atom is 0.325 e. The van der Waals surface area contributed by atoms with Crippen LogP contribution in [0.3, 0.4) is 0 Å². The van der Waals surface area contributed by atoms with E-state index >= 15 is 0 Å². The predicted molar refractivity (Wildman–Crippen MR) is 85.0 cm³/mol. The van der Waals surface area contributed by atoms with Crippen molar-refractivity contribution in [3.05, 3.63) is 35.4 Å². The Kier molecular flexibility index (Phi) is 5.36. The summed E-state index contributed by atoms with van der Waals surface area (Å²) in [5.74, 6) is -0.739. The van der Waals surface area contributed by atoms with Crippen molar-refractivity contribution in [3.8, 4) is 0 Å². The van der Waals surface area contributed by atoms with Gasteiger partial charge in [0, 0.05) is 13.0 Å². The molecule has 2 N–H and O–H groups in total. The first-order valence-electron chi connectivity index (χ1n) is 7.83. The van der Waals surface area contributed by atoms with Gasteiger partial charge in [-0.3, -0.25) is 14.5 Å². The summed E-state index contributed by atoms with van der Waals surface area (Å²) in [5.41, 5.74) is 1.94. The molecule has 0 aromatic heterocycles. The summed E-state index contributed by atoms with van der Waals surface area (Å²) in [6, 6.07) is 6.61. The Balaban J connectivity index is 1.98. The lowest BCUT2D eigenvalue weighted by Crippen LogP contribution is -2.31. The quantitative estimate of drug-likeness (QED) is 0.598. The standard InChI is InChI=1S/C17H22N2O4/c1-11(2)12-6-8-13(9-7-12)15-16(22)19(17(23)18-15)10-4-3-5-14(20)21/h6-9,11,15H,3-5,10H2,1-2H3,(H,18,23)(H,20,21). The van der Waals surface area contributed by atoms with E-state index in [1.165, 1.54) is 10.5 Å². The number of benzene rings is 1. The van der Waals surface area contributed by atoms with Gasteiger partial charge in [0.2, 0.25) is 0 Å². The van der Waals surface area contributed by atoms with Crippen molar-refractivity contribution in [2.24, 2.45) is 0 Å². The Bertz CT molecular complexity index is 595. The fraction of sp³-hybridized carbons (Fsp3) is 0.471. The molecule has 0 radical (unpaired) electrons. The highest BCUT2D eigenvalue weighted by atomic mass is 16.4. The average molecular weight is 318 g/mol. The Morgan fingerprint density at radius 3 is 2.43 bits per heavy atom. The first-order valence-corrected chi connectivity index (χ1v) is 7.83. The lowest BCUT2D eigenvalue weighted by molar-refractivity contribution is -0.137. The van der Waals surface area contributed by atoms with Crippen molar-refractivity contribution < 1.29 is 19.5 Å². The lowest BCUT2D eigenvalue weighted by Gasteiger charge is -2.13. The van der Waals surface area contributed by atoms with Crippen LogP contribution in [0.4, 0.5) is 4.79 Å². The van der Waals surface area contributed by atoms with E-state index in [0.717, 1.165) is 5.56 Å². The second kappa shape index (κ2) is 7.26. The van der Waals surface area contributed by atoms with Gasteiger partial charge in [-0.2, -0.15) is 0 Å². The molecule has 1 heterocycles. The van der Waals surface area contributed by atoms with Gasteiger partial charge in [0.1, 0.15) is 6.04 Å². The number of carbonyl (C=O) groups excluding carboxylic acids is 2. The molecule has 1 aliphatic rings. The average Bonchev–Trinajstić information content (AvgIpc) is 2.79. The Labute approximate surface area is 135 Å². The number of nitrogens with one attached hydrogen (secondary N) is 1. The molecular weight excluding hydrogens is 296 g/mol. The lowest BCUT2D eigenvalue weighted by atomic mass is 9.99. The minimum atomic E-state index is -0.870. The summed E-state index contributed by atoms with van der Waals surface area (Å²) < 4.78 is 0. The van der Waals surface area contributed by atoms with Gasteiger partial charge in [-0.25, -0.2) is 4.79 Å². The zero-order valence-electron chi connectivity index (χ0n) is 13.4. The molecule has 1 aromatic carbocycles. The van der Waals surface area contributed by atoms with Crippen LogP contribution in [-0.4, -0.2) is 34.5 Å². The molecule has 2 rings (SSSR count). The molecule has 1 aliphatic heterocycles. The number of hydrogen-bond donors (Lipinski definition) is 2. The number of urea groups is 1. The number of carboxylic acids is 1. The van der Waals surface area contributed by atoms with Crippen molar-refractivity contribution >= 4 is 17.9 Å². The normalized spacial score (nSPS) is 17.7. The van der Waals surface area contributed by atoms with Crippen LogP contribution in [0.25, 0.3) is 0 Å². The molecule has 1 atom stereocenters. The van der Waals surface area contributed by atoms with E-state index in [0.29, 0.717) is 18.8 Å². The Morgan fingerprint density at radius 1 is 1.22 bits per heavy atom. The molecule has 23 heavy (non-hydrogen) atoms. The van der Waals surface area contributed by atoms with Crippen molar-refractivity contribution in [3.63, 3.8) is 0 Å². The van der Waals surface area contributed by atoms with E-state index in [1.54, 1.807) is 0 Å². The molecule has 1 aromatic rings. The maximum atomic E-state index is 12.4. The predicted octanol–water partition coefficient (Wildman–Crippen LogP) is 2.66. The Morgan fingerprint density at radius 2 is 1.87 bits per heavy atom. The van der Waals surface area contributed by atoms with Crippen LogP contribution in [0, 0.1) is 0 Å². The van der Waals surface area contributed by atoms with Crippen molar-refractivity contribution in [2.45, 2.75) is 45.1 Å². The van der Waals surface area contributed by atoms with Crippen molar-refractivity contribution in [2.75, 3.05) is 6.54 Å². The van der Waals surface area contributed by atoms with Crippen LogP contribution >= 0.6 is 0 Å². The first kappa shape index (κ1) is 17.0. The molecule has 0 saturated carbocycles. The molecule has 0 aliphatic carbocycles.